The number of hydrogen-bond acceptors (Lipinski definition) is 4. The molecule has 2 saturated carbocycles. The van der Waals surface area contributed by atoms with Gasteiger partial charge in [-0.05, 0) is 71.8 Å². The molecular weight excluding hydrogens is 466 g/mol. The van der Waals surface area contributed by atoms with E-state index in [0.29, 0.717) is 6.42 Å². The Hall–Kier alpha value is -2.57. The first-order valence-corrected chi connectivity index (χ1v) is 14.1. The number of ether oxygens (including phenoxy) is 1. The number of carbonyl (C=O) groups is 3. The van der Waals surface area contributed by atoms with Gasteiger partial charge in [-0.3, -0.25) is 9.59 Å². The van der Waals surface area contributed by atoms with Crippen molar-refractivity contribution in [2.75, 3.05) is 0 Å². The third kappa shape index (κ3) is 8.21. The smallest absolute Gasteiger partial charge is 0.408 e. The number of amides is 3. The van der Waals surface area contributed by atoms with Crippen LogP contribution < -0.4 is 10.6 Å². The Morgan fingerprint density at radius 2 is 1.59 bits per heavy atom. The van der Waals surface area contributed by atoms with Crippen molar-refractivity contribution in [3.05, 3.63) is 34.9 Å². The van der Waals surface area contributed by atoms with E-state index in [-0.39, 0.29) is 29.8 Å². The van der Waals surface area contributed by atoms with Gasteiger partial charge in [-0.25, -0.2) is 4.79 Å². The number of carbonyl (C=O) groups excluding carboxylic acids is 3. The van der Waals surface area contributed by atoms with Gasteiger partial charge in [0.2, 0.25) is 11.8 Å². The maximum atomic E-state index is 14.3. The van der Waals surface area contributed by atoms with Crippen molar-refractivity contribution in [3.8, 4) is 0 Å². The summed E-state index contributed by atoms with van der Waals surface area (Å²) in [5, 5.41) is 6.14. The van der Waals surface area contributed by atoms with Crippen LogP contribution in [0.4, 0.5) is 4.79 Å². The molecule has 3 atom stereocenters. The Labute approximate surface area is 223 Å². The van der Waals surface area contributed by atoms with E-state index in [1.54, 1.807) is 25.7 Å². The normalized spacial score (nSPS) is 18.9. The fourth-order valence-electron chi connectivity index (χ4n) is 5.28. The van der Waals surface area contributed by atoms with Crippen LogP contribution in [0.1, 0.15) is 109 Å². The van der Waals surface area contributed by atoms with Gasteiger partial charge in [0, 0.05) is 12.1 Å². The molecule has 3 rings (SSSR count). The molecule has 3 unspecified atom stereocenters. The van der Waals surface area contributed by atoms with Crippen LogP contribution in [-0.4, -0.2) is 46.5 Å². The summed E-state index contributed by atoms with van der Waals surface area (Å²) < 4.78 is 5.49. The first-order chi connectivity index (χ1) is 17.4. The van der Waals surface area contributed by atoms with Gasteiger partial charge in [-0.2, -0.15) is 0 Å². The Morgan fingerprint density at radius 3 is 2.11 bits per heavy atom. The second-order valence-corrected chi connectivity index (χ2v) is 12.2. The molecule has 206 valence electrons. The van der Waals surface area contributed by atoms with E-state index in [0.717, 1.165) is 55.2 Å². The van der Waals surface area contributed by atoms with Gasteiger partial charge in [-0.1, -0.05) is 68.9 Å². The maximum Gasteiger partial charge on any atom is 0.408 e. The lowest BCUT2D eigenvalue weighted by Crippen LogP contribution is -2.56. The molecule has 1 aromatic carbocycles. The Balaban J connectivity index is 1.98. The lowest BCUT2D eigenvalue weighted by atomic mass is 9.93. The molecule has 0 aromatic heterocycles. The third-order valence-corrected chi connectivity index (χ3v) is 7.38. The van der Waals surface area contributed by atoms with Crippen LogP contribution in [0.2, 0.25) is 0 Å². The number of alkyl carbamates (subject to hydrolysis) is 1. The Kier molecular flexibility index (Phi) is 9.65. The van der Waals surface area contributed by atoms with Gasteiger partial charge >= 0.3 is 6.09 Å². The minimum absolute atomic E-state index is 0.0255. The molecule has 2 aliphatic rings. The molecule has 2 fully saturated rings. The van der Waals surface area contributed by atoms with E-state index in [1.165, 1.54) is 6.42 Å². The summed E-state index contributed by atoms with van der Waals surface area (Å²) in [6.07, 6.45) is 7.15. The number of rotatable bonds is 9. The Bertz CT molecular complexity index is 940. The molecule has 0 radical (unpaired) electrons. The molecule has 7 nitrogen and oxygen atoms in total. The highest BCUT2D eigenvalue weighted by Crippen LogP contribution is 2.37. The highest BCUT2D eigenvalue weighted by atomic mass is 16.6. The predicted molar refractivity (Wildman–Crippen MR) is 146 cm³/mol. The van der Waals surface area contributed by atoms with Crippen LogP contribution in [0.15, 0.2) is 18.2 Å². The van der Waals surface area contributed by atoms with Crippen molar-refractivity contribution < 1.29 is 19.1 Å². The number of hydrogen-bond donors (Lipinski definition) is 2. The zero-order valence-corrected chi connectivity index (χ0v) is 23.9. The molecule has 2 N–H and O–H groups in total. The fourth-order valence-corrected chi connectivity index (χ4v) is 5.28. The lowest BCUT2D eigenvalue weighted by molar-refractivity contribution is -0.144. The van der Waals surface area contributed by atoms with Crippen LogP contribution in [0.5, 0.6) is 0 Å². The zero-order valence-electron chi connectivity index (χ0n) is 23.9. The van der Waals surface area contributed by atoms with Gasteiger partial charge in [0.25, 0.3) is 0 Å². The summed E-state index contributed by atoms with van der Waals surface area (Å²) in [5.41, 5.74) is 2.26. The van der Waals surface area contributed by atoms with Gasteiger partial charge in [-0.15, -0.1) is 0 Å². The van der Waals surface area contributed by atoms with E-state index >= 15 is 0 Å². The first-order valence-electron chi connectivity index (χ1n) is 14.1. The third-order valence-electron chi connectivity index (χ3n) is 7.38. The van der Waals surface area contributed by atoms with Crippen molar-refractivity contribution in [1.29, 1.82) is 0 Å². The van der Waals surface area contributed by atoms with Gasteiger partial charge < -0.3 is 20.3 Å². The number of benzene rings is 1. The molecule has 0 heterocycles. The molecule has 7 heteroatoms. The van der Waals surface area contributed by atoms with Gasteiger partial charge in [0.15, 0.2) is 0 Å². The fraction of sp³-hybridized carbons (Fsp3) is 0.700. The molecule has 0 spiro atoms. The van der Waals surface area contributed by atoms with E-state index in [2.05, 4.69) is 16.7 Å². The topological polar surface area (TPSA) is 87.7 Å². The standard InChI is InChI=1S/C30H47N3O4/c1-8-21(4)25(32-29(36)37-30(5,6)7)28(35)33(24-14-15-24)26(22-17-19(2)16-20(3)18-22)27(34)31-23-12-10-9-11-13-23/h16-18,21,23-26H,8-15H2,1-7H3,(H,31,34)(H,32,36). The van der Waals surface area contributed by atoms with E-state index in [1.807, 2.05) is 39.8 Å². The monoisotopic (exact) mass is 513 g/mol. The highest BCUT2D eigenvalue weighted by molar-refractivity contribution is 5.93. The second kappa shape index (κ2) is 12.3. The largest absolute Gasteiger partial charge is 0.444 e. The quantitative estimate of drug-likeness (QED) is 0.442. The molecule has 2 aliphatic carbocycles. The molecule has 1 aromatic rings. The summed E-state index contributed by atoms with van der Waals surface area (Å²) in [5.74, 6) is -0.467. The number of nitrogens with zero attached hydrogens (tertiary/aromatic N) is 1. The minimum atomic E-state index is -0.781. The summed E-state index contributed by atoms with van der Waals surface area (Å²) in [6, 6.07) is 4.69. The molecule has 0 aliphatic heterocycles. The van der Waals surface area contributed by atoms with Crippen LogP contribution in [0, 0.1) is 19.8 Å². The van der Waals surface area contributed by atoms with Crippen LogP contribution in [-0.2, 0) is 14.3 Å². The maximum absolute atomic E-state index is 14.3. The zero-order chi connectivity index (χ0) is 27.3. The van der Waals surface area contributed by atoms with Crippen LogP contribution >= 0.6 is 0 Å². The van der Waals surface area contributed by atoms with E-state index in [9.17, 15) is 14.4 Å². The van der Waals surface area contributed by atoms with Crippen LogP contribution in [0.3, 0.4) is 0 Å². The predicted octanol–water partition coefficient (Wildman–Crippen LogP) is 5.72. The molecule has 37 heavy (non-hydrogen) atoms. The van der Waals surface area contributed by atoms with Crippen molar-refractivity contribution in [2.24, 2.45) is 5.92 Å². The highest BCUT2D eigenvalue weighted by Gasteiger charge is 2.45. The summed E-state index contributed by atoms with van der Waals surface area (Å²) in [4.78, 5) is 42.8. The minimum Gasteiger partial charge on any atom is -0.444 e. The number of nitrogens with one attached hydrogen (secondary N) is 2. The SMILES string of the molecule is CCC(C)C(NC(=O)OC(C)(C)C)C(=O)N(C1CC1)C(C(=O)NC1CCCCC1)c1cc(C)cc(C)c1. The molecule has 0 bridgehead atoms. The average molecular weight is 514 g/mol. The number of aryl methyl sites for hydroxylation is 2. The van der Waals surface area contributed by atoms with E-state index in [4.69, 9.17) is 4.74 Å². The van der Waals surface area contributed by atoms with Crippen molar-refractivity contribution >= 4 is 17.9 Å². The summed E-state index contributed by atoms with van der Waals surface area (Å²) in [6.45, 7) is 13.4. The van der Waals surface area contributed by atoms with E-state index < -0.39 is 23.8 Å². The summed E-state index contributed by atoms with van der Waals surface area (Å²) >= 11 is 0. The summed E-state index contributed by atoms with van der Waals surface area (Å²) in [7, 11) is 0. The van der Waals surface area contributed by atoms with Crippen molar-refractivity contribution in [1.82, 2.24) is 15.5 Å². The van der Waals surface area contributed by atoms with Crippen LogP contribution in [0.25, 0.3) is 0 Å². The lowest BCUT2D eigenvalue weighted by Gasteiger charge is -2.37. The van der Waals surface area contributed by atoms with Crippen molar-refractivity contribution in [2.45, 2.75) is 130 Å². The molecule has 0 saturated heterocycles. The molecular formula is C30H47N3O4. The average Bonchev–Trinajstić information content (AvgIpc) is 3.64. The second-order valence-electron chi connectivity index (χ2n) is 12.2. The molecule has 3 amide bonds. The Morgan fingerprint density at radius 1 is 1.00 bits per heavy atom. The van der Waals surface area contributed by atoms with Gasteiger partial charge in [0.05, 0.1) is 0 Å². The van der Waals surface area contributed by atoms with Crippen molar-refractivity contribution in [3.63, 3.8) is 0 Å². The van der Waals surface area contributed by atoms with Gasteiger partial charge in [0.1, 0.15) is 17.7 Å². The first kappa shape index (κ1) is 29.0.